The number of thioether (sulfide) groups is 1. The Morgan fingerprint density at radius 3 is 2.83 bits per heavy atom. The molecule has 24 heavy (non-hydrogen) atoms. The highest BCUT2D eigenvalue weighted by Crippen LogP contribution is 2.46. The molecule has 0 aliphatic carbocycles. The van der Waals surface area contributed by atoms with Gasteiger partial charge in [0.2, 0.25) is 26.6 Å². The van der Waals surface area contributed by atoms with Gasteiger partial charge in [0.05, 0.1) is 5.25 Å². The molecule has 124 valence electrons. The van der Waals surface area contributed by atoms with Crippen LogP contribution in [0.5, 0.6) is 0 Å². The molecule has 0 N–H and O–H groups in total. The summed E-state index contributed by atoms with van der Waals surface area (Å²) < 4.78 is 33.6. The molecule has 1 unspecified atom stereocenters. The predicted octanol–water partition coefficient (Wildman–Crippen LogP) is 3.43. The Hall–Kier alpha value is -2.06. The summed E-state index contributed by atoms with van der Waals surface area (Å²) in [4.78, 5) is 5.61. The summed E-state index contributed by atoms with van der Waals surface area (Å²) in [6.45, 7) is 2.06. The van der Waals surface area contributed by atoms with Gasteiger partial charge in [0.15, 0.2) is 5.76 Å². The van der Waals surface area contributed by atoms with Crippen LogP contribution in [-0.4, -0.2) is 24.8 Å². The van der Waals surface area contributed by atoms with Gasteiger partial charge < -0.3 is 8.94 Å². The molecule has 6 nitrogen and oxygen atoms in total. The van der Waals surface area contributed by atoms with Gasteiger partial charge in [-0.1, -0.05) is 22.9 Å². The van der Waals surface area contributed by atoms with E-state index < -0.39 is 9.84 Å². The van der Waals surface area contributed by atoms with Gasteiger partial charge in [-0.25, -0.2) is 8.42 Å². The first kappa shape index (κ1) is 15.5. The van der Waals surface area contributed by atoms with E-state index in [-0.39, 0.29) is 21.9 Å². The lowest BCUT2D eigenvalue weighted by Crippen LogP contribution is -1.93. The van der Waals surface area contributed by atoms with Crippen LogP contribution in [0.25, 0.3) is 11.6 Å². The summed E-state index contributed by atoms with van der Waals surface area (Å²) in [5.41, 5.74) is 2.49. The smallest absolute Gasteiger partial charge is 0.240 e. The Bertz CT molecular complexity index is 1020. The Morgan fingerprint density at radius 2 is 2.08 bits per heavy atom. The SMILES string of the molecule is Cc1ccc2c(c1)SC(c1nc(-c3ccc(S(C)(=O)=O)o3)no1)C2. The van der Waals surface area contributed by atoms with Crippen molar-refractivity contribution in [2.45, 2.75) is 28.6 Å². The second-order valence-electron chi connectivity index (χ2n) is 5.77. The van der Waals surface area contributed by atoms with Crippen LogP contribution >= 0.6 is 11.8 Å². The fraction of sp³-hybridized carbons (Fsp3) is 0.250. The average molecular weight is 362 g/mol. The van der Waals surface area contributed by atoms with E-state index in [1.807, 2.05) is 0 Å². The Morgan fingerprint density at radius 1 is 1.25 bits per heavy atom. The van der Waals surface area contributed by atoms with Crippen LogP contribution in [0.2, 0.25) is 0 Å². The molecule has 1 aromatic carbocycles. The molecule has 3 aromatic rings. The quantitative estimate of drug-likeness (QED) is 0.705. The van der Waals surface area contributed by atoms with Crippen molar-refractivity contribution in [3.05, 3.63) is 47.3 Å². The van der Waals surface area contributed by atoms with E-state index in [1.54, 1.807) is 11.8 Å². The van der Waals surface area contributed by atoms with Crippen molar-refractivity contribution in [2.24, 2.45) is 0 Å². The number of rotatable bonds is 3. The molecule has 0 saturated carbocycles. The van der Waals surface area contributed by atoms with Crippen LogP contribution in [-0.2, 0) is 16.3 Å². The number of aromatic nitrogens is 2. The molecule has 0 bridgehead atoms. The van der Waals surface area contributed by atoms with Gasteiger partial charge >= 0.3 is 0 Å². The number of benzene rings is 1. The minimum Gasteiger partial charge on any atom is -0.441 e. The Kier molecular flexibility index (Phi) is 3.54. The lowest BCUT2D eigenvalue weighted by molar-refractivity contribution is 0.375. The van der Waals surface area contributed by atoms with Crippen molar-refractivity contribution in [1.29, 1.82) is 0 Å². The number of hydrogen-bond acceptors (Lipinski definition) is 7. The minimum atomic E-state index is -3.40. The first-order valence-electron chi connectivity index (χ1n) is 7.30. The Labute approximate surface area is 143 Å². The molecule has 0 fully saturated rings. The van der Waals surface area contributed by atoms with Gasteiger partial charge in [0.25, 0.3) is 0 Å². The van der Waals surface area contributed by atoms with Crippen LogP contribution in [0, 0.1) is 6.92 Å². The molecule has 0 radical (unpaired) electrons. The molecule has 8 heteroatoms. The third kappa shape index (κ3) is 2.76. The van der Waals surface area contributed by atoms with Gasteiger partial charge in [-0.05, 0) is 37.1 Å². The van der Waals surface area contributed by atoms with E-state index in [0.29, 0.717) is 5.89 Å². The largest absolute Gasteiger partial charge is 0.441 e. The lowest BCUT2D eigenvalue weighted by atomic mass is 10.1. The second kappa shape index (κ2) is 5.49. The summed E-state index contributed by atoms with van der Waals surface area (Å²) in [5.74, 6) is 1.05. The first-order chi connectivity index (χ1) is 11.4. The van der Waals surface area contributed by atoms with Gasteiger partial charge in [-0.3, -0.25) is 0 Å². The summed E-state index contributed by atoms with van der Waals surface area (Å²) in [6, 6.07) is 9.30. The van der Waals surface area contributed by atoms with E-state index in [2.05, 4.69) is 35.3 Å². The van der Waals surface area contributed by atoms with Gasteiger partial charge in [-0.2, -0.15) is 4.98 Å². The highest BCUT2D eigenvalue weighted by Gasteiger charge is 2.29. The number of fused-ring (bicyclic) bond motifs is 1. The number of sulfone groups is 1. The van der Waals surface area contributed by atoms with Crippen LogP contribution in [0.15, 0.2) is 49.3 Å². The molecule has 4 rings (SSSR count). The fourth-order valence-corrected chi connectivity index (χ4v) is 4.46. The summed E-state index contributed by atoms with van der Waals surface area (Å²) >= 11 is 1.70. The Balaban J connectivity index is 1.59. The minimum absolute atomic E-state index is 0.0624. The summed E-state index contributed by atoms with van der Waals surface area (Å²) in [7, 11) is -3.40. The lowest BCUT2D eigenvalue weighted by Gasteiger charge is -1.99. The highest BCUT2D eigenvalue weighted by molar-refractivity contribution is 7.99. The van der Waals surface area contributed by atoms with Crippen molar-refractivity contribution < 1.29 is 17.4 Å². The molecule has 1 atom stereocenters. The third-order valence-electron chi connectivity index (χ3n) is 3.78. The maximum Gasteiger partial charge on any atom is 0.240 e. The standard InChI is InChI=1S/C16H14N2O4S2/c1-9-3-4-10-8-13(23-12(10)7-9)16-17-15(18-22-16)11-5-6-14(21-11)24(2,19)20/h3-7,13H,8H2,1-2H3. The van der Waals surface area contributed by atoms with E-state index in [0.717, 1.165) is 12.7 Å². The van der Waals surface area contributed by atoms with E-state index in [1.165, 1.54) is 28.2 Å². The van der Waals surface area contributed by atoms with Gasteiger partial charge in [-0.15, -0.1) is 11.8 Å². The zero-order valence-electron chi connectivity index (χ0n) is 13.0. The van der Waals surface area contributed by atoms with Crippen LogP contribution in [0.3, 0.4) is 0 Å². The number of aryl methyl sites for hydroxylation is 1. The molecule has 0 saturated heterocycles. The van der Waals surface area contributed by atoms with E-state index in [4.69, 9.17) is 8.94 Å². The highest BCUT2D eigenvalue weighted by atomic mass is 32.2. The van der Waals surface area contributed by atoms with Crippen molar-refractivity contribution in [3.63, 3.8) is 0 Å². The molecule has 3 heterocycles. The number of hydrogen-bond donors (Lipinski definition) is 0. The van der Waals surface area contributed by atoms with E-state index in [9.17, 15) is 8.42 Å². The van der Waals surface area contributed by atoms with Crippen LogP contribution < -0.4 is 0 Å². The van der Waals surface area contributed by atoms with Crippen LogP contribution in [0.4, 0.5) is 0 Å². The number of furan rings is 1. The maximum absolute atomic E-state index is 11.5. The second-order valence-corrected chi connectivity index (χ2v) is 8.96. The zero-order valence-corrected chi connectivity index (χ0v) is 14.6. The van der Waals surface area contributed by atoms with Crippen molar-refractivity contribution in [3.8, 4) is 11.6 Å². The zero-order chi connectivity index (χ0) is 16.9. The predicted molar refractivity (Wildman–Crippen MR) is 88.6 cm³/mol. The molecule has 2 aromatic heterocycles. The molecular formula is C16H14N2O4S2. The van der Waals surface area contributed by atoms with Gasteiger partial charge in [0, 0.05) is 11.2 Å². The third-order valence-corrected chi connectivity index (χ3v) is 6.02. The average Bonchev–Trinajstić information content (AvgIpc) is 3.23. The van der Waals surface area contributed by atoms with E-state index >= 15 is 0 Å². The maximum atomic E-state index is 11.5. The molecule has 1 aliphatic rings. The monoisotopic (exact) mass is 362 g/mol. The molecule has 0 spiro atoms. The van der Waals surface area contributed by atoms with Crippen LogP contribution in [0.1, 0.15) is 22.3 Å². The molecule has 0 amide bonds. The molecular weight excluding hydrogens is 348 g/mol. The van der Waals surface area contributed by atoms with Crippen molar-refractivity contribution >= 4 is 21.6 Å². The van der Waals surface area contributed by atoms with Gasteiger partial charge in [0.1, 0.15) is 0 Å². The summed E-state index contributed by atoms with van der Waals surface area (Å²) in [5, 5.41) is 3.87. The number of nitrogens with zero attached hydrogens (tertiary/aromatic N) is 2. The topological polar surface area (TPSA) is 86.2 Å². The normalized spacial score (nSPS) is 17.2. The van der Waals surface area contributed by atoms with Crippen molar-refractivity contribution in [1.82, 2.24) is 10.1 Å². The fourth-order valence-electron chi connectivity index (χ4n) is 2.58. The first-order valence-corrected chi connectivity index (χ1v) is 10.1. The van der Waals surface area contributed by atoms with Crippen molar-refractivity contribution in [2.75, 3.05) is 6.26 Å². The molecule has 1 aliphatic heterocycles. The summed E-state index contributed by atoms with van der Waals surface area (Å²) in [6.07, 6.45) is 1.92.